The van der Waals surface area contributed by atoms with Crippen molar-refractivity contribution in [3.05, 3.63) is 72.5 Å². The smallest absolute Gasteiger partial charge is 0.272 e. The summed E-state index contributed by atoms with van der Waals surface area (Å²) in [4.78, 5) is 19.5. The van der Waals surface area contributed by atoms with Gasteiger partial charge in [0.25, 0.3) is 5.91 Å². The number of amides is 1. The Morgan fingerprint density at radius 1 is 1.00 bits per heavy atom. The highest BCUT2D eigenvalue weighted by molar-refractivity contribution is 5.92. The number of hydrogen-bond donors (Lipinski definition) is 0. The molecule has 1 aromatic carbocycles. The molecule has 0 N–H and O–H groups in total. The molecule has 5 rings (SSSR count). The Morgan fingerprint density at radius 3 is 2.76 bits per heavy atom. The molecule has 2 aromatic heterocycles. The molecule has 3 aromatic rings. The maximum atomic E-state index is 13.1. The first-order valence-corrected chi connectivity index (χ1v) is 9.81. The number of para-hydroxylation sites is 1. The van der Waals surface area contributed by atoms with Crippen LogP contribution in [0.3, 0.4) is 0 Å². The summed E-state index contributed by atoms with van der Waals surface area (Å²) < 4.78 is 8.07. The fraction of sp³-hybridized carbons (Fsp3) is 0.273. The van der Waals surface area contributed by atoms with Crippen molar-refractivity contribution in [3.63, 3.8) is 0 Å². The van der Waals surface area contributed by atoms with Crippen LogP contribution in [0.1, 0.15) is 35.3 Å². The first-order valence-electron chi connectivity index (χ1n) is 9.81. The van der Waals surface area contributed by atoms with E-state index in [9.17, 15) is 4.79 Å². The lowest BCUT2D eigenvalue weighted by molar-refractivity contribution is 0.0725. The zero-order chi connectivity index (χ0) is 19.7. The first-order chi connectivity index (χ1) is 14.2. The summed E-state index contributed by atoms with van der Waals surface area (Å²) >= 11 is 0. The van der Waals surface area contributed by atoms with Crippen LogP contribution < -0.4 is 4.74 Å². The Balaban J connectivity index is 1.33. The summed E-state index contributed by atoms with van der Waals surface area (Å²) in [6.45, 7) is 1.32. The van der Waals surface area contributed by atoms with E-state index in [1.165, 1.54) is 0 Å². The van der Waals surface area contributed by atoms with Gasteiger partial charge in [-0.15, -0.1) is 10.2 Å². The Kier molecular flexibility index (Phi) is 4.35. The normalized spacial score (nSPS) is 20.8. The molecule has 29 heavy (non-hydrogen) atoms. The molecular weight excluding hydrogens is 366 g/mol. The standard InChI is InChI=1S/C22H21N5O2/c28-21(18-6-3-8-20(25-18)27-15-23-24-16-27)26-13-4-10-22(12-14-26)11-9-17-5-1-2-7-19(17)29-22/h1-3,5-9,11,15-16H,4,10,12-14H2/t22-/m1/s1. The van der Waals surface area contributed by atoms with Crippen LogP contribution in [0, 0.1) is 0 Å². The fourth-order valence-electron chi connectivity index (χ4n) is 3.98. The van der Waals surface area contributed by atoms with Crippen molar-refractivity contribution in [1.29, 1.82) is 0 Å². The van der Waals surface area contributed by atoms with Gasteiger partial charge in [0.15, 0.2) is 0 Å². The number of likely N-dealkylation sites (tertiary alicyclic amines) is 1. The second-order valence-corrected chi connectivity index (χ2v) is 7.43. The number of rotatable bonds is 2. The van der Waals surface area contributed by atoms with E-state index in [1.54, 1.807) is 23.3 Å². The maximum absolute atomic E-state index is 13.1. The molecule has 1 amide bonds. The number of carbonyl (C=O) groups is 1. The van der Waals surface area contributed by atoms with Gasteiger partial charge < -0.3 is 9.64 Å². The quantitative estimate of drug-likeness (QED) is 0.675. The van der Waals surface area contributed by atoms with E-state index < -0.39 is 0 Å². The monoisotopic (exact) mass is 387 g/mol. The van der Waals surface area contributed by atoms with Crippen LogP contribution in [0.4, 0.5) is 0 Å². The Morgan fingerprint density at radius 2 is 1.86 bits per heavy atom. The zero-order valence-corrected chi connectivity index (χ0v) is 15.9. The molecule has 1 atom stereocenters. The molecule has 2 aliphatic rings. The van der Waals surface area contributed by atoms with E-state index >= 15 is 0 Å². The second kappa shape index (κ2) is 7.16. The van der Waals surface area contributed by atoms with Crippen molar-refractivity contribution in [2.45, 2.75) is 24.9 Å². The lowest BCUT2D eigenvalue weighted by Crippen LogP contribution is -2.38. The van der Waals surface area contributed by atoms with Crippen LogP contribution >= 0.6 is 0 Å². The van der Waals surface area contributed by atoms with Gasteiger partial charge in [-0.1, -0.05) is 30.3 Å². The zero-order valence-electron chi connectivity index (χ0n) is 15.9. The number of ether oxygens (including phenoxy) is 1. The van der Waals surface area contributed by atoms with Gasteiger partial charge in [0.2, 0.25) is 0 Å². The molecule has 0 radical (unpaired) electrons. The van der Waals surface area contributed by atoms with E-state index in [4.69, 9.17) is 4.74 Å². The Hall–Kier alpha value is -3.48. The van der Waals surface area contributed by atoms with Crippen LogP contribution in [0.25, 0.3) is 11.9 Å². The third-order valence-electron chi connectivity index (χ3n) is 5.56. The molecule has 1 fully saturated rings. The van der Waals surface area contributed by atoms with Crippen LogP contribution in [0.2, 0.25) is 0 Å². The van der Waals surface area contributed by atoms with E-state index in [-0.39, 0.29) is 11.5 Å². The first kappa shape index (κ1) is 17.6. The average Bonchev–Trinajstić information content (AvgIpc) is 3.23. The molecule has 7 heteroatoms. The van der Waals surface area contributed by atoms with Crippen molar-refractivity contribution in [2.24, 2.45) is 0 Å². The molecule has 4 heterocycles. The molecular formula is C22H21N5O2. The molecule has 2 aliphatic heterocycles. The minimum Gasteiger partial charge on any atom is -0.483 e. The highest BCUT2D eigenvalue weighted by Crippen LogP contribution is 2.37. The van der Waals surface area contributed by atoms with Gasteiger partial charge in [0.05, 0.1) is 0 Å². The van der Waals surface area contributed by atoms with E-state index in [0.717, 1.165) is 30.6 Å². The average molecular weight is 387 g/mol. The lowest BCUT2D eigenvalue weighted by Gasteiger charge is -2.34. The van der Waals surface area contributed by atoms with Gasteiger partial charge in [-0.2, -0.15) is 0 Å². The molecule has 1 spiro atoms. The van der Waals surface area contributed by atoms with E-state index in [1.807, 2.05) is 35.2 Å². The summed E-state index contributed by atoms with van der Waals surface area (Å²) in [6.07, 6.45) is 9.95. The molecule has 0 unspecified atom stereocenters. The predicted octanol–water partition coefficient (Wildman–Crippen LogP) is 3.13. The summed E-state index contributed by atoms with van der Waals surface area (Å²) in [5.41, 5.74) is 1.18. The van der Waals surface area contributed by atoms with Crippen LogP contribution in [-0.2, 0) is 0 Å². The predicted molar refractivity (Wildman–Crippen MR) is 108 cm³/mol. The summed E-state index contributed by atoms with van der Waals surface area (Å²) in [7, 11) is 0. The highest BCUT2D eigenvalue weighted by atomic mass is 16.5. The molecule has 146 valence electrons. The van der Waals surface area contributed by atoms with Gasteiger partial charge in [-0.3, -0.25) is 9.36 Å². The van der Waals surface area contributed by atoms with Gasteiger partial charge in [0.1, 0.15) is 35.5 Å². The van der Waals surface area contributed by atoms with Gasteiger partial charge in [-0.25, -0.2) is 4.98 Å². The van der Waals surface area contributed by atoms with Crippen LogP contribution in [0.15, 0.2) is 61.2 Å². The molecule has 7 nitrogen and oxygen atoms in total. The maximum Gasteiger partial charge on any atom is 0.272 e. The topological polar surface area (TPSA) is 73.1 Å². The number of aromatic nitrogens is 4. The minimum absolute atomic E-state index is 0.0582. The SMILES string of the molecule is O=C(c1cccc(-n2cnnc2)n1)N1CCC[C@@]2(C=Cc3ccccc3O2)CC1. The van der Waals surface area contributed by atoms with Gasteiger partial charge in [-0.05, 0) is 37.1 Å². The van der Waals surface area contributed by atoms with Crippen molar-refractivity contribution in [1.82, 2.24) is 24.6 Å². The number of benzene rings is 1. The molecule has 0 bridgehead atoms. The van der Waals surface area contributed by atoms with Gasteiger partial charge in [0, 0.05) is 25.1 Å². The number of hydrogen-bond acceptors (Lipinski definition) is 5. The minimum atomic E-state index is -0.346. The van der Waals surface area contributed by atoms with Crippen molar-refractivity contribution < 1.29 is 9.53 Å². The van der Waals surface area contributed by atoms with Crippen molar-refractivity contribution in [3.8, 4) is 11.6 Å². The number of fused-ring (bicyclic) bond motifs is 1. The third-order valence-corrected chi connectivity index (χ3v) is 5.56. The summed E-state index contributed by atoms with van der Waals surface area (Å²) in [5, 5.41) is 7.59. The largest absolute Gasteiger partial charge is 0.483 e. The summed E-state index contributed by atoms with van der Waals surface area (Å²) in [5.74, 6) is 1.48. The van der Waals surface area contributed by atoms with Crippen LogP contribution in [0.5, 0.6) is 5.75 Å². The summed E-state index contributed by atoms with van der Waals surface area (Å²) in [6, 6.07) is 13.5. The lowest BCUT2D eigenvalue weighted by atomic mass is 9.91. The molecule has 0 aliphatic carbocycles. The number of carbonyl (C=O) groups excluding carboxylic acids is 1. The molecule has 1 saturated heterocycles. The van der Waals surface area contributed by atoms with Crippen molar-refractivity contribution in [2.75, 3.05) is 13.1 Å². The number of nitrogens with zero attached hydrogens (tertiary/aromatic N) is 5. The fourth-order valence-corrected chi connectivity index (χ4v) is 3.98. The number of pyridine rings is 1. The van der Waals surface area contributed by atoms with E-state index in [2.05, 4.69) is 33.4 Å². The molecule has 0 saturated carbocycles. The van der Waals surface area contributed by atoms with Gasteiger partial charge >= 0.3 is 0 Å². The van der Waals surface area contributed by atoms with E-state index in [0.29, 0.717) is 24.6 Å². The third kappa shape index (κ3) is 3.40. The van der Waals surface area contributed by atoms with Crippen LogP contribution in [-0.4, -0.2) is 49.2 Å². The van der Waals surface area contributed by atoms with Crippen molar-refractivity contribution >= 4 is 12.0 Å². The highest BCUT2D eigenvalue weighted by Gasteiger charge is 2.36. The Labute approximate surface area is 168 Å². The second-order valence-electron chi connectivity index (χ2n) is 7.43. The Bertz CT molecular complexity index is 1060.